The van der Waals surface area contributed by atoms with Gasteiger partial charge in [0, 0.05) is 17.1 Å². The minimum Gasteiger partial charge on any atom is -0.318 e. The van der Waals surface area contributed by atoms with Crippen molar-refractivity contribution in [2.45, 2.75) is 20.4 Å². The Labute approximate surface area is 213 Å². The standard InChI is InChI=1S/C31H24N2O2S/c1-20-16-26(21(2)33(20)27-15-14-22-8-3-4-10-24(22)17-27)18-29-30(34)32(31(35)36-29)19-25-12-7-11-23-9-5-6-13-28(23)25/h3-18H,19H2,1-2H3/b29-18+. The minimum absolute atomic E-state index is 0.234. The van der Waals surface area contributed by atoms with E-state index in [0.29, 0.717) is 4.91 Å². The fourth-order valence-corrected chi connectivity index (χ4v) is 5.85. The molecule has 176 valence electrons. The minimum atomic E-state index is -0.242. The van der Waals surface area contributed by atoms with Gasteiger partial charge in [0.2, 0.25) is 0 Å². The Morgan fingerprint density at radius 3 is 2.33 bits per heavy atom. The summed E-state index contributed by atoms with van der Waals surface area (Å²) in [5.41, 5.74) is 5.09. The highest BCUT2D eigenvalue weighted by Gasteiger charge is 2.35. The first-order valence-corrected chi connectivity index (χ1v) is 12.7. The van der Waals surface area contributed by atoms with Crippen molar-refractivity contribution in [1.29, 1.82) is 0 Å². The summed E-state index contributed by atoms with van der Waals surface area (Å²) in [6, 6.07) is 30.8. The van der Waals surface area contributed by atoms with Crippen LogP contribution in [0.25, 0.3) is 33.3 Å². The van der Waals surface area contributed by atoms with Gasteiger partial charge < -0.3 is 4.57 Å². The fraction of sp³-hybridized carbons (Fsp3) is 0.0968. The van der Waals surface area contributed by atoms with Crippen LogP contribution in [0, 0.1) is 13.8 Å². The molecule has 0 bridgehead atoms. The first kappa shape index (κ1) is 22.4. The molecular weight excluding hydrogens is 464 g/mol. The lowest BCUT2D eigenvalue weighted by atomic mass is 10.0. The van der Waals surface area contributed by atoms with Crippen molar-refractivity contribution < 1.29 is 9.59 Å². The number of aryl methyl sites for hydroxylation is 1. The SMILES string of the molecule is Cc1cc(/C=C2/SC(=O)N(Cc3cccc4ccccc34)C2=O)c(C)n1-c1ccc2ccccc2c1. The molecule has 6 rings (SSSR count). The zero-order chi connectivity index (χ0) is 24.8. The first-order chi connectivity index (χ1) is 17.5. The van der Waals surface area contributed by atoms with E-state index in [4.69, 9.17) is 0 Å². The number of amides is 2. The second kappa shape index (κ2) is 8.85. The lowest BCUT2D eigenvalue weighted by Gasteiger charge is -2.14. The maximum atomic E-state index is 13.3. The highest BCUT2D eigenvalue weighted by Crippen LogP contribution is 2.35. The lowest BCUT2D eigenvalue weighted by molar-refractivity contribution is -0.123. The van der Waals surface area contributed by atoms with Gasteiger partial charge in [-0.15, -0.1) is 0 Å². The summed E-state index contributed by atoms with van der Waals surface area (Å²) in [6.07, 6.45) is 1.86. The Hall–Kier alpha value is -4.09. The monoisotopic (exact) mass is 488 g/mol. The summed E-state index contributed by atoms with van der Waals surface area (Å²) in [7, 11) is 0. The van der Waals surface area contributed by atoms with Gasteiger partial charge in [0.15, 0.2) is 0 Å². The molecule has 1 aliphatic heterocycles. The molecule has 1 saturated heterocycles. The Morgan fingerprint density at radius 2 is 1.50 bits per heavy atom. The molecule has 5 aromatic rings. The third-order valence-electron chi connectivity index (χ3n) is 6.83. The molecule has 0 atom stereocenters. The van der Waals surface area contributed by atoms with Crippen molar-refractivity contribution in [3.05, 3.63) is 118 Å². The molecule has 36 heavy (non-hydrogen) atoms. The molecule has 0 unspecified atom stereocenters. The predicted octanol–water partition coefficient (Wildman–Crippen LogP) is 7.64. The van der Waals surface area contributed by atoms with Crippen molar-refractivity contribution in [1.82, 2.24) is 9.47 Å². The number of carbonyl (C=O) groups is 2. The summed E-state index contributed by atoms with van der Waals surface area (Å²) in [5.74, 6) is -0.242. The van der Waals surface area contributed by atoms with Crippen LogP contribution in [-0.4, -0.2) is 20.6 Å². The number of aromatic nitrogens is 1. The molecule has 0 N–H and O–H groups in total. The number of rotatable bonds is 4. The Morgan fingerprint density at radius 1 is 0.778 bits per heavy atom. The van der Waals surface area contributed by atoms with Crippen LogP contribution in [0.4, 0.5) is 4.79 Å². The smallest absolute Gasteiger partial charge is 0.293 e. The normalized spacial score (nSPS) is 15.1. The summed E-state index contributed by atoms with van der Waals surface area (Å²) in [5, 5.41) is 4.30. The van der Waals surface area contributed by atoms with E-state index >= 15 is 0 Å². The third-order valence-corrected chi connectivity index (χ3v) is 7.74. The average Bonchev–Trinajstić information content (AvgIpc) is 3.32. The molecule has 5 heteroatoms. The van der Waals surface area contributed by atoms with Gasteiger partial charge >= 0.3 is 0 Å². The van der Waals surface area contributed by atoms with E-state index < -0.39 is 0 Å². The van der Waals surface area contributed by atoms with E-state index in [0.717, 1.165) is 50.7 Å². The largest absolute Gasteiger partial charge is 0.318 e. The van der Waals surface area contributed by atoms with Crippen molar-refractivity contribution in [2.75, 3.05) is 0 Å². The van der Waals surface area contributed by atoms with Gasteiger partial charge in [-0.1, -0.05) is 72.8 Å². The van der Waals surface area contributed by atoms with Crippen LogP contribution < -0.4 is 0 Å². The zero-order valence-corrected chi connectivity index (χ0v) is 20.9. The maximum Gasteiger partial charge on any atom is 0.293 e. The molecule has 0 aliphatic carbocycles. The quantitative estimate of drug-likeness (QED) is 0.244. The molecule has 4 aromatic carbocycles. The number of benzene rings is 4. The summed E-state index contributed by atoms with van der Waals surface area (Å²) in [4.78, 5) is 27.9. The number of imide groups is 1. The predicted molar refractivity (Wildman–Crippen MR) is 148 cm³/mol. The Bertz CT molecular complexity index is 1710. The number of carbonyl (C=O) groups excluding carboxylic acids is 2. The van der Waals surface area contributed by atoms with Crippen molar-refractivity contribution in [3.8, 4) is 5.69 Å². The van der Waals surface area contributed by atoms with Gasteiger partial charge in [-0.05, 0) is 82.6 Å². The van der Waals surface area contributed by atoms with Crippen molar-refractivity contribution >= 4 is 50.5 Å². The first-order valence-electron chi connectivity index (χ1n) is 11.9. The number of nitrogens with zero attached hydrogens (tertiary/aromatic N) is 2. The van der Waals surface area contributed by atoms with Crippen LogP contribution in [0.5, 0.6) is 0 Å². The van der Waals surface area contributed by atoms with Crippen LogP contribution in [0.15, 0.2) is 95.9 Å². The third kappa shape index (κ3) is 3.82. The van der Waals surface area contributed by atoms with Gasteiger partial charge in [0.05, 0.1) is 11.4 Å². The lowest BCUT2D eigenvalue weighted by Crippen LogP contribution is -2.27. The van der Waals surface area contributed by atoms with Gasteiger partial charge in [-0.3, -0.25) is 14.5 Å². The highest BCUT2D eigenvalue weighted by atomic mass is 32.2. The molecule has 1 fully saturated rings. The molecular formula is C31H24N2O2S. The molecule has 2 heterocycles. The Kier molecular flexibility index (Phi) is 5.50. The van der Waals surface area contributed by atoms with Crippen LogP contribution in [0.3, 0.4) is 0 Å². The van der Waals surface area contributed by atoms with Crippen LogP contribution in [0.2, 0.25) is 0 Å². The fourth-order valence-electron chi connectivity index (χ4n) is 5.03. The molecule has 4 nitrogen and oxygen atoms in total. The maximum absolute atomic E-state index is 13.3. The summed E-state index contributed by atoms with van der Waals surface area (Å²) >= 11 is 1.01. The van der Waals surface area contributed by atoms with E-state index in [-0.39, 0.29) is 17.7 Å². The van der Waals surface area contributed by atoms with Crippen molar-refractivity contribution in [3.63, 3.8) is 0 Å². The van der Waals surface area contributed by atoms with E-state index in [1.165, 1.54) is 15.7 Å². The summed E-state index contributed by atoms with van der Waals surface area (Å²) in [6.45, 7) is 4.37. The highest BCUT2D eigenvalue weighted by molar-refractivity contribution is 8.18. The van der Waals surface area contributed by atoms with Crippen LogP contribution >= 0.6 is 11.8 Å². The molecule has 0 saturated carbocycles. The number of hydrogen-bond donors (Lipinski definition) is 0. The molecule has 1 aliphatic rings. The zero-order valence-electron chi connectivity index (χ0n) is 20.1. The summed E-state index contributed by atoms with van der Waals surface area (Å²) < 4.78 is 2.19. The van der Waals surface area contributed by atoms with E-state index in [2.05, 4.69) is 47.9 Å². The van der Waals surface area contributed by atoms with Gasteiger partial charge in [0.25, 0.3) is 11.1 Å². The van der Waals surface area contributed by atoms with Gasteiger partial charge in [-0.2, -0.15) is 0 Å². The molecule has 0 radical (unpaired) electrons. The Balaban J connectivity index is 1.32. The second-order valence-electron chi connectivity index (χ2n) is 9.10. The van der Waals surface area contributed by atoms with Gasteiger partial charge in [0.1, 0.15) is 0 Å². The van der Waals surface area contributed by atoms with E-state index in [1.54, 1.807) is 0 Å². The van der Waals surface area contributed by atoms with Crippen LogP contribution in [-0.2, 0) is 11.3 Å². The number of hydrogen-bond acceptors (Lipinski definition) is 3. The topological polar surface area (TPSA) is 42.3 Å². The molecule has 2 amide bonds. The van der Waals surface area contributed by atoms with Gasteiger partial charge in [-0.25, -0.2) is 0 Å². The molecule has 0 spiro atoms. The number of fused-ring (bicyclic) bond motifs is 2. The second-order valence-corrected chi connectivity index (χ2v) is 10.1. The van der Waals surface area contributed by atoms with E-state index in [9.17, 15) is 9.59 Å². The molecule has 1 aromatic heterocycles. The van der Waals surface area contributed by atoms with Crippen LogP contribution in [0.1, 0.15) is 22.5 Å². The van der Waals surface area contributed by atoms with E-state index in [1.807, 2.05) is 67.6 Å². The average molecular weight is 489 g/mol. The van der Waals surface area contributed by atoms with Crippen molar-refractivity contribution in [2.24, 2.45) is 0 Å². The number of thioether (sulfide) groups is 1.